The second kappa shape index (κ2) is 6.08. The average Bonchev–Trinajstić information content (AvgIpc) is 2.69. The number of aryl methyl sites for hydroxylation is 2. The molecule has 0 aromatic carbocycles. The van der Waals surface area contributed by atoms with Gasteiger partial charge in [0, 0.05) is 18.7 Å². The van der Waals surface area contributed by atoms with Gasteiger partial charge in [-0.15, -0.1) is 0 Å². The average molecular weight is 294 g/mol. The number of aromatic nitrogens is 1. The Morgan fingerprint density at radius 3 is 2.71 bits per heavy atom. The SMILES string of the molecule is Cc1noc(C)c1CC1CCCN(C(=O)OC(C)(C)C)C1. The molecule has 1 aliphatic heterocycles. The summed E-state index contributed by atoms with van der Waals surface area (Å²) >= 11 is 0. The predicted molar refractivity (Wildman–Crippen MR) is 80.2 cm³/mol. The summed E-state index contributed by atoms with van der Waals surface area (Å²) in [5, 5.41) is 4.00. The smallest absolute Gasteiger partial charge is 0.410 e. The molecule has 5 nitrogen and oxygen atoms in total. The van der Waals surface area contributed by atoms with Gasteiger partial charge in [-0.3, -0.25) is 0 Å². The summed E-state index contributed by atoms with van der Waals surface area (Å²) in [6.07, 6.45) is 2.86. The minimum atomic E-state index is -0.439. The lowest BCUT2D eigenvalue weighted by Gasteiger charge is -2.34. The molecule has 1 amide bonds. The molecule has 1 aromatic rings. The van der Waals surface area contributed by atoms with Crippen LogP contribution in [-0.4, -0.2) is 34.8 Å². The largest absolute Gasteiger partial charge is 0.444 e. The van der Waals surface area contributed by atoms with Gasteiger partial charge in [-0.25, -0.2) is 4.79 Å². The van der Waals surface area contributed by atoms with Crippen molar-refractivity contribution in [1.29, 1.82) is 0 Å². The molecule has 5 heteroatoms. The van der Waals surface area contributed by atoms with E-state index in [2.05, 4.69) is 5.16 Å². The molecule has 0 aliphatic carbocycles. The maximum atomic E-state index is 12.2. The van der Waals surface area contributed by atoms with Crippen LogP contribution in [0.3, 0.4) is 0 Å². The van der Waals surface area contributed by atoms with E-state index in [0.29, 0.717) is 5.92 Å². The predicted octanol–water partition coefficient (Wildman–Crippen LogP) is 3.48. The van der Waals surface area contributed by atoms with E-state index in [4.69, 9.17) is 9.26 Å². The fraction of sp³-hybridized carbons (Fsp3) is 0.750. The van der Waals surface area contributed by atoms with Gasteiger partial charge in [0.15, 0.2) is 0 Å². The highest BCUT2D eigenvalue weighted by Crippen LogP contribution is 2.25. The van der Waals surface area contributed by atoms with Crippen LogP contribution in [0.5, 0.6) is 0 Å². The zero-order chi connectivity index (χ0) is 15.6. The molecule has 1 aliphatic rings. The Bertz CT molecular complexity index is 483. The van der Waals surface area contributed by atoms with Gasteiger partial charge in [0.1, 0.15) is 11.4 Å². The first-order valence-electron chi connectivity index (χ1n) is 7.66. The summed E-state index contributed by atoms with van der Waals surface area (Å²) in [6, 6.07) is 0. The number of nitrogens with zero attached hydrogens (tertiary/aromatic N) is 2. The van der Waals surface area contributed by atoms with Crippen LogP contribution in [0.15, 0.2) is 4.52 Å². The van der Waals surface area contributed by atoms with Crippen molar-refractivity contribution in [3.05, 3.63) is 17.0 Å². The van der Waals surface area contributed by atoms with Gasteiger partial charge in [0.2, 0.25) is 0 Å². The molecule has 0 bridgehead atoms. The highest BCUT2D eigenvalue weighted by atomic mass is 16.6. The molecule has 2 heterocycles. The Morgan fingerprint density at radius 1 is 1.43 bits per heavy atom. The van der Waals surface area contributed by atoms with Crippen LogP contribution in [0, 0.1) is 19.8 Å². The van der Waals surface area contributed by atoms with Crippen LogP contribution < -0.4 is 0 Å². The first kappa shape index (κ1) is 15.9. The maximum absolute atomic E-state index is 12.2. The Morgan fingerprint density at radius 2 is 2.14 bits per heavy atom. The first-order chi connectivity index (χ1) is 9.76. The fourth-order valence-corrected chi connectivity index (χ4v) is 2.81. The third kappa shape index (κ3) is 4.22. The van der Waals surface area contributed by atoms with Crippen LogP contribution in [0.1, 0.15) is 50.6 Å². The van der Waals surface area contributed by atoms with E-state index >= 15 is 0 Å². The second-order valence-electron chi connectivity index (χ2n) is 6.94. The van der Waals surface area contributed by atoms with Crippen molar-refractivity contribution in [2.45, 2.75) is 59.5 Å². The number of carbonyl (C=O) groups excluding carboxylic acids is 1. The normalized spacial score (nSPS) is 19.7. The summed E-state index contributed by atoms with van der Waals surface area (Å²) in [7, 11) is 0. The zero-order valence-corrected chi connectivity index (χ0v) is 13.7. The van der Waals surface area contributed by atoms with Crippen LogP contribution in [0.25, 0.3) is 0 Å². The minimum absolute atomic E-state index is 0.203. The molecule has 0 radical (unpaired) electrons. The molecule has 0 saturated carbocycles. The summed E-state index contributed by atoms with van der Waals surface area (Å²) in [5.41, 5.74) is 1.71. The molecule has 1 unspecified atom stereocenters. The van der Waals surface area contributed by atoms with Gasteiger partial charge in [-0.05, 0) is 59.8 Å². The first-order valence-corrected chi connectivity index (χ1v) is 7.66. The summed E-state index contributed by atoms with van der Waals surface area (Å²) in [6.45, 7) is 11.2. The Hall–Kier alpha value is -1.52. The van der Waals surface area contributed by atoms with E-state index in [9.17, 15) is 4.79 Å². The molecule has 1 saturated heterocycles. The van der Waals surface area contributed by atoms with Crippen molar-refractivity contribution >= 4 is 6.09 Å². The number of hydrogen-bond acceptors (Lipinski definition) is 4. The third-order valence-electron chi connectivity index (χ3n) is 3.84. The van der Waals surface area contributed by atoms with E-state index in [1.54, 1.807) is 0 Å². The molecule has 1 aromatic heterocycles. The highest BCUT2D eigenvalue weighted by Gasteiger charge is 2.28. The lowest BCUT2D eigenvalue weighted by atomic mass is 9.91. The number of piperidine rings is 1. The van der Waals surface area contributed by atoms with Crippen LogP contribution in [-0.2, 0) is 11.2 Å². The van der Waals surface area contributed by atoms with Crippen molar-refractivity contribution in [2.24, 2.45) is 5.92 Å². The topological polar surface area (TPSA) is 55.6 Å². The Balaban J connectivity index is 1.96. The van der Waals surface area contributed by atoms with Crippen molar-refractivity contribution in [3.8, 4) is 0 Å². The van der Waals surface area contributed by atoms with Crippen LogP contribution in [0.2, 0.25) is 0 Å². The maximum Gasteiger partial charge on any atom is 0.410 e. The summed E-state index contributed by atoms with van der Waals surface area (Å²) in [5.74, 6) is 1.34. The minimum Gasteiger partial charge on any atom is -0.444 e. The van der Waals surface area contributed by atoms with Crippen molar-refractivity contribution in [1.82, 2.24) is 10.1 Å². The number of rotatable bonds is 2. The Kier molecular flexibility index (Phi) is 4.59. The molecular formula is C16H26N2O3. The Labute approximate surface area is 126 Å². The number of carbonyl (C=O) groups is 1. The van der Waals surface area contributed by atoms with Crippen molar-refractivity contribution in [3.63, 3.8) is 0 Å². The standard InChI is InChI=1S/C16H26N2O3/c1-11-14(12(2)21-17-11)9-13-7-6-8-18(10-13)15(19)20-16(3,4)5/h13H,6-10H2,1-5H3. The number of amides is 1. The quantitative estimate of drug-likeness (QED) is 0.838. The molecule has 0 N–H and O–H groups in total. The number of ether oxygens (including phenoxy) is 1. The van der Waals surface area contributed by atoms with E-state index in [-0.39, 0.29) is 6.09 Å². The number of hydrogen-bond donors (Lipinski definition) is 0. The second-order valence-corrected chi connectivity index (χ2v) is 6.94. The van der Waals surface area contributed by atoms with Gasteiger partial charge >= 0.3 is 6.09 Å². The lowest BCUT2D eigenvalue weighted by Crippen LogP contribution is -2.43. The molecular weight excluding hydrogens is 268 g/mol. The zero-order valence-electron chi connectivity index (χ0n) is 13.7. The van der Waals surface area contributed by atoms with Gasteiger partial charge in [-0.2, -0.15) is 0 Å². The molecule has 1 atom stereocenters. The molecule has 118 valence electrons. The van der Waals surface area contributed by atoms with E-state index in [0.717, 1.165) is 43.8 Å². The van der Waals surface area contributed by atoms with E-state index < -0.39 is 5.60 Å². The molecule has 0 spiro atoms. The van der Waals surface area contributed by atoms with Crippen molar-refractivity contribution in [2.75, 3.05) is 13.1 Å². The van der Waals surface area contributed by atoms with Crippen LogP contribution in [0.4, 0.5) is 4.79 Å². The molecule has 1 fully saturated rings. The fourth-order valence-electron chi connectivity index (χ4n) is 2.81. The monoisotopic (exact) mass is 294 g/mol. The van der Waals surface area contributed by atoms with Gasteiger partial charge in [0.05, 0.1) is 5.69 Å². The lowest BCUT2D eigenvalue weighted by molar-refractivity contribution is 0.0166. The van der Waals surface area contributed by atoms with Gasteiger partial charge < -0.3 is 14.2 Å². The van der Waals surface area contributed by atoms with E-state index in [1.807, 2.05) is 39.5 Å². The number of likely N-dealkylation sites (tertiary alicyclic amines) is 1. The summed E-state index contributed by atoms with van der Waals surface area (Å²) in [4.78, 5) is 14.0. The van der Waals surface area contributed by atoms with Crippen molar-refractivity contribution < 1.29 is 14.1 Å². The van der Waals surface area contributed by atoms with Crippen LogP contribution >= 0.6 is 0 Å². The van der Waals surface area contributed by atoms with Gasteiger partial charge in [0.25, 0.3) is 0 Å². The third-order valence-corrected chi connectivity index (χ3v) is 3.84. The highest BCUT2D eigenvalue weighted by molar-refractivity contribution is 5.68. The van der Waals surface area contributed by atoms with Gasteiger partial charge in [-0.1, -0.05) is 5.16 Å². The molecule has 21 heavy (non-hydrogen) atoms. The van der Waals surface area contributed by atoms with E-state index in [1.165, 1.54) is 5.56 Å². The molecule has 2 rings (SSSR count). The summed E-state index contributed by atoms with van der Waals surface area (Å²) < 4.78 is 10.7.